The standard InChI is InChI=1S/C13H15N2.ClH/c1-12-6-3-5-10-15(12)11-8-13-7-2-4-9-14-13;/h2-7,9-10H,8,11H2,1H3;1H/q+1;/p-1. The predicted octanol–water partition coefficient (Wildman–Crippen LogP) is -1.08. The lowest BCUT2D eigenvalue weighted by atomic mass is 10.2. The Balaban J connectivity index is 0.00000128. The molecule has 2 rings (SSSR count). The van der Waals surface area contributed by atoms with Gasteiger partial charge < -0.3 is 12.4 Å². The predicted molar refractivity (Wildman–Crippen MR) is 59.3 cm³/mol. The maximum absolute atomic E-state index is 4.31. The fourth-order valence-corrected chi connectivity index (χ4v) is 1.59. The summed E-state index contributed by atoms with van der Waals surface area (Å²) in [6.45, 7) is 3.11. The molecule has 0 radical (unpaired) electrons. The Hall–Kier alpha value is -1.41. The van der Waals surface area contributed by atoms with Crippen molar-refractivity contribution in [3.63, 3.8) is 0 Å². The van der Waals surface area contributed by atoms with Crippen molar-refractivity contribution in [3.05, 3.63) is 60.2 Å². The molecule has 0 amide bonds. The second kappa shape index (κ2) is 6.23. The fraction of sp³-hybridized carbons (Fsp3) is 0.231. The molecule has 2 heterocycles. The summed E-state index contributed by atoms with van der Waals surface area (Å²) in [5.74, 6) is 0. The monoisotopic (exact) mass is 234 g/mol. The average Bonchev–Trinajstić information content (AvgIpc) is 2.29. The van der Waals surface area contributed by atoms with Crippen molar-refractivity contribution in [1.29, 1.82) is 0 Å². The number of nitrogens with zero attached hydrogens (tertiary/aromatic N) is 2. The maximum atomic E-state index is 4.31. The van der Waals surface area contributed by atoms with Crippen LogP contribution in [0.25, 0.3) is 0 Å². The Morgan fingerprint density at radius 2 is 1.94 bits per heavy atom. The maximum Gasteiger partial charge on any atom is 0.178 e. The molecular weight excluding hydrogens is 220 g/mol. The topological polar surface area (TPSA) is 16.8 Å². The van der Waals surface area contributed by atoms with Crippen molar-refractivity contribution in [3.8, 4) is 0 Å². The minimum atomic E-state index is 0. The second-order valence-electron chi connectivity index (χ2n) is 3.61. The summed E-state index contributed by atoms with van der Waals surface area (Å²) in [5.41, 5.74) is 2.43. The van der Waals surface area contributed by atoms with Gasteiger partial charge in [-0.3, -0.25) is 4.98 Å². The van der Waals surface area contributed by atoms with Gasteiger partial charge in [-0.1, -0.05) is 12.1 Å². The second-order valence-corrected chi connectivity index (χ2v) is 3.61. The zero-order valence-corrected chi connectivity index (χ0v) is 10.1. The number of aryl methyl sites for hydroxylation is 3. The first kappa shape index (κ1) is 12.7. The molecule has 0 bridgehead atoms. The number of aromatic nitrogens is 2. The van der Waals surface area contributed by atoms with Gasteiger partial charge in [0.15, 0.2) is 18.4 Å². The molecule has 0 aliphatic carbocycles. The van der Waals surface area contributed by atoms with Gasteiger partial charge in [-0.25, -0.2) is 4.57 Å². The highest BCUT2D eigenvalue weighted by Crippen LogP contribution is 1.95. The summed E-state index contributed by atoms with van der Waals surface area (Å²) < 4.78 is 2.24. The van der Waals surface area contributed by atoms with Crippen LogP contribution in [0, 0.1) is 6.92 Å². The number of pyridine rings is 2. The van der Waals surface area contributed by atoms with Crippen molar-refractivity contribution in [1.82, 2.24) is 4.98 Å². The molecule has 2 aromatic heterocycles. The van der Waals surface area contributed by atoms with Crippen molar-refractivity contribution in [2.45, 2.75) is 19.9 Å². The number of rotatable bonds is 3. The first-order chi connectivity index (χ1) is 7.36. The molecule has 0 aliphatic rings. The molecular formula is C13H15ClN2. The molecule has 0 saturated heterocycles. The lowest BCUT2D eigenvalue weighted by molar-refractivity contribution is -0.702. The Labute approximate surface area is 102 Å². The molecule has 84 valence electrons. The highest BCUT2D eigenvalue weighted by Gasteiger charge is 2.04. The summed E-state index contributed by atoms with van der Waals surface area (Å²) in [5, 5.41) is 0. The summed E-state index contributed by atoms with van der Waals surface area (Å²) >= 11 is 0. The first-order valence-electron chi connectivity index (χ1n) is 5.21. The zero-order valence-electron chi connectivity index (χ0n) is 9.31. The average molecular weight is 235 g/mol. The van der Waals surface area contributed by atoms with Gasteiger partial charge in [0.05, 0.1) is 0 Å². The van der Waals surface area contributed by atoms with Gasteiger partial charge in [0, 0.05) is 37.4 Å². The van der Waals surface area contributed by atoms with Crippen LogP contribution in [0.3, 0.4) is 0 Å². The van der Waals surface area contributed by atoms with Crippen LogP contribution in [0.1, 0.15) is 11.4 Å². The molecule has 0 aliphatic heterocycles. The Kier molecular flexibility index (Phi) is 4.93. The third kappa shape index (κ3) is 3.31. The van der Waals surface area contributed by atoms with Gasteiger partial charge >= 0.3 is 0 Å². The van der Waals surface area contributed by atoms with E-state index < -0.39 is 0 Å². The molecule has 0 saturated carbocycles. The minimum absolute atomic E-state index is 0. The van der Waals surface area contributed by atoms with Gasteiger partial charge in [-0.05, 0) is 12.1 Å². The molecule has 3 heteroatoms. The molecule has 0 unspecified atom stereocenters. The van der Waals surface area contributed by atoms with Gasteiger partial charge in [-0.15, -0.1) is 0 Å². The van der Waals surface area contributed by atoms with Crippen LogP contribution in [-0.4, -0.2) is 4.98 Å². The third-order valence-corrected chi connectivity index (χ3v) is 2.50. The Morgan fingerprint density at radius 1 is 1.12 bits per heavy atom. The molecule has 2 aromatic rings. The molecule has 0 fully saturated rings. The molecule has 0 spiro atoms. The van der Waals surface area contributed by atoms with Gasteiger partial charge in [0.1, 0.15) is 0 Å². The van der Waals surface area contributed by atoms with Crippen LogP contribution in [0.5, 0.6) is 0 Å². The molecule has 16 heavy (non-hydrogen) atoms. The van der Waals surface area contributed by atoms with Gasteiger partial charge in [0.2, 0.25) is 0 Å². The van der Waals surface area contributed by atoms with E-state index in [4.69, 9.17) is 0 Å². The lowest BCUT2D eigenvalue weighted by Crippen LogP contribution is -3.00. The smallest absolute Gasteiger partial charge is 0.178 e. The van der Waals surface area contributed by atoms with Crippen molar-refractivity contribution in [2.24, 2.45) is 0 Å². The summed E-state index contributed by atoms with van der Waals surface area (Å²) in [4.78, 5) is 4.31. The van der Waals surface area contributed by atoms with E-state index in [1.807, 2.05) is 18.3 Å². The normalized spacial score (nSPS) is 9.56. The van der Waals surface area contributed by atoms with Crippen LogP contribution in [0.15, 0.2) is 48.8 Å². The van der Waals surface area contributed by atoms with E-state index in [1.54, 1.807) is 0 Å². The molecule has 0 N–H and O–H groups in total. The van der Waals surface area contributed by atoms with Crippen molar-refractivity contribution >= 4 is 0 Å². The summed E-state index contributed by atoms with van der Waals surface area (Å²) in [7, 11) is 0. The van der Waals surface area contributed by atoms with Crippen molar-refractivity contribution in [2.75, 3.05) is 0 Å². The fourth-order valence-electron chi connectivity index (χ4n) is 1.59. The third-order valence-electron chi connectivity index (χ3n) is 2.50. The van der Waals surface area contributed by atoms with Crippen LogP contribution < -0.4 is 17.0 Å². The zero-order chi connectivity index (χ0) is 10.5. The molecule has 0 aromatic carbocycles. The number of hydrogen-bond donors (Lipinski definition) is 0. The van der Waals surface area contributed by atoms with E-state index in [1.165, 1.54) is 5.69 Å². The van der Waals surface area contributed by atoms with E-state index in [9.17, 15) is 0 Å². The summed E-state index contributed by atoms with van der Waals surface area (Å²) in [6, 6.07) is 12.3. The minimum Gasteiger partial charge on any atom is -1.00 e. The summed E-state index contributed by atoms with van der Waals surface area (Å²) in [6.07, 6.45) is 4.94. The van der Waals surface area contributed by atoms with Crippen LogP contribution in [-0.2, 0) is 13.0 Å². The van der Waals surface area contributed by atoms with Crippen LogP contribution >= 0.6 is 0 Å². The van der Waals surface area contributed by atoms with Gasteiger partial charge in [-0.2, -0.15) is 0 Å². The highest BCUT2D eigenvalue weighted by molar-refractivity contribution is 5.03. The SMILES string of the molecule is Cc1cccc[n+]1CCc1ccccn1.[Cl-]. The first-order valence-corrected chi connectivity index (χ1v) is 5.21. The lowest BCUT2D eigenvalue weighted by Gasteiger charge is -1.99. The molecule has 2 nitrogen and oxygen atoms in total. The van der Waals surface area contributed by atoms with Gasteiger partial charge in [0.25, 0.3) is 0 Å². The van der Waals surface area contributed by atoms with E-state index in [0.717, 1.165) is 18.7 Å². The number of halogens is 1. The van der Waals surface area contributed by atoms with E-state index in [2.05, 4.69) is 46.9 Å². The van der Waals surface area contributed by atoms with E-state index in [0.29, 0.717) is 0 Å². The highest BCUT2D eigenvalue weighted by atomic mass is 35.5. The Morgan fingerprint density at radius 3 is 2.62 bits per heavy atom. The quantitative estimate of drug-likeness (QED) is 0.618. The van der Waals surface area contributed by atoms with Crippen LogP contribution in [0.4, 0.5) is 0 Å². The Bertz CT molecular complexity index is 429. The largest absolute Gasteiger partial charge is 1.00 e. The van der Waals surface area contributed by atoms with E-state index in [-0.39, 0.29) is 12.4 Å². The van der Waals surface area contributed by atoms with Crippen LogP contribution in [0.2, 0.25) is 0 Å². The van der Waals surface area contributed by atoms with E-state index >= 15 is 0 Å². The number of hydrogen-bond acceptors (Lipinski definition) is 1. The molecule has 0 atom stereocenters. The van der Waals surface area contributed by atoms with Crippen molar-refractivity contribution < 1.29 is 17.0 Å².